The highest BCUT2D eigenvalue weighted by Gasteiger charge is 2.27. The molecule has 1 amide bonds. The monoisotopic (exact) mass is 455 g/mol. The first kappa shape index (κ1) is 23.3. The van der Waals surface area contributed by atoms with E-state index in [9.17, 15) is 9.59 Å². The predicted octanol–water partition coefficient (Wildman–Crippen LogP) is 4.94. The molecule has 2 N–H and O–H groups in total. The van der Waals surface area contributed by atoms with Crippen molar-refractivity contribution in [3.63, 3.8) is 0 Å². The van der Waals surface area contributed by atoms with Crippen molar-refractivity contribution < 1.29 is 14.3 Å². The standard InChI is InChI=1S/C28H29N3O3/c1-19(26-24-14-11-22(28(33)34-3)17-25(24)30-27(26)32)29-23-12-9-21(10-13-23)18-31(2)16-15-20-7-5-4-6-8-20/h4-14,17,29H,15-16,18H2,1-3H3,(H,30,32)/b26-19-. The summed E-state index contributed by atoms with van der Waals surface area (Å²) in [6, 6.07) is 23.8. The summed E-state index contributed by atoms with van der Waals surface area (Å²) >= 11 is 0. The number of allylic oxidation sites excluding steroid dienone is 1. The second-order valence-corrected chi connectivity index (χ2v) is 8.50. The average Bonchev–Trinajstić information content (AvgIpc) is 3.19. The third-order valence-corrected chi connectivity index (χ3v) is 5.92. The summed E-state index contributed by atoms with van der Waals surface area (Å²) in [6.45, 7) is 3.73. The molecule has 3 aromatic carbocycles. The molecule has 0 atom stereocenters. The van der Waals surface area contributed by atoms with Crippen molar-refractivity contribution in [1.29, 1.82) is 0 Å². The van der Waals surface area contributed by atoms with Crippen LogP contribution in [0.25, 0.3) is 5.57 Å². The molecule has 0 fully saturated rings. The first-order valence-corrected chi connectivity index (χ1v) is 11.3. The third kappa shape index (κ3) is 5.35. The fourth-order valence-corrected chi connectivity index (χ4v) is 4.12. The highest BCUT2D eigenvalue weighted by Crippen LogP contribution is 2.35. The quantitative estimate of drug-likeness (QED) is 0.372. The molecular formula is C28H29N3O3. The first-order chi connectivity index (χ1) is 16.4. The van der Waals surface area contributed by atoms with Gasteiger partial charge >= 0.3 is 5.97 Å². The van der Waals surface area contributed by atoms with Crippen LogP contribution in [0.5, 0.6) is 0 Å². The lowest BCUT2D eigenvalue weighted by Gasteiger charge is -2.17. The fraction of sp³-hybridized carbons (Fsp3) is 0.214. The largest absolute Gasteiger partial charge is 0.465 e. The van der Waals surface area contributed by atoms with Crippen LogP contribution in [0.15, 0.2) is 78.5 Å². The number of anilines is 2. The molecule has 34 heavy (non-hydrogen) atoms. The van der Waals surface area contributed by atoms with E-state index >= 15 is 0 Å². The van der Waals surface area contributed by atoms with Crippen LogP contribution in [0.3, 0.4) is 0 Å². The van der Waals surface area contributed by atoms with Gasteiger partial charge in [0.05, 0.1) is 23.9 Å². The first-order valence-electron chi connectivity index (χ1n) is 11.3. The molecule has 3 aromatic rings. The number of fused-ring (bicyclic) bond motifs is 1. The number of hydrogen-bond donors (Lipinski definition) is 2. The Morgan fingerprint density at radius 1 is 1.00 bits per heavy atom. The second-order valence-electron chi connectivity index (χ2n) is 8.50. The normalized spacial score (nSPS) is 13.9. The Labute approximate surface area is 200 Å². The Morgan fingerprint density at radius 2 is 1.74 bits per heavy atom. The Bertz CT molecular complexity index is 1220. The number of ether oxygens (including phenoxy) is 1. The number of nitrogens with zero attached hydrogens (tertiary/aromatic N) is 1. The summed E-state index contributed by atoms with van der Waals surface area (Å²) in [5.74, 6) is -0.631. The minimum atomic E-state index is -0.435. The van der Waals surface area contributed by atoms with Gasteiger partial charge in [-0.1, -0.05) is 48.5 Å². The molecule has 0 aliphatic carbocycles. The van der Waals surface area contributed by atoms with Crippen molar-refractivity contribution in [1.82, 2.24) is 4.90 Å². The number of benzene rings is 3. The van der Waals surface area contributed by atoms with Crippen molar-refractivity contribution in [3.8, 4) is 0 Å². The van der Waals surface area contributed by atoms with Crippen molar-refractivity contribution in [2.75, 3.05) is 31.3 Å². The molecule has 0 bridgehead atoms. The summed E-state index contributed by atoms with van der Waals surface area (Å²) in [4.78, 5) is 26.7. The number of hydrogen-bond acceptors (Lipinski definition) is 5. The Hall–Kier alpha value is -3.90. The number of esters is 1. The highest BCUT2D eigenvalue weighted by molar-refractivity contribution is 6.32. The van der Waals surface area contributed by atoms with E-state index in [4.69, 9.17) is 4.74 Å². The van der Waals surface area contributed by atoms with Gasteiger partial charge in [0, 0.05) is 30.0 Å². The molecule has 174 valence electrons. The van der Waals surface area contributed by atoms with Crippen LogP contribution in [0.4, 0.5) is 11.4 Å². The van der Waals surface area contributed by atoms with Gasteiger partial charge < -0.3 is 20.3 Å². The van der Waals surface area contributed by atoms with E-state index < -0.39 is 5.97 Å². The van der Waals surface area contributed by atoms with Gasteiger partial charge in [-0.25, -0.2) is 4.79 Å². The van der Waals surface area contributed by atoms with E-state index in [-0.39, 0.29) is 5.91 Å². The summed E-state index contributed by atoms with van der Waals surface area (Å²) in [5.41, 5.74) is 6.57. The van der Waals surface area contributed by atoms with Gasteiger partial charge in [-0.05, 0) is 55.8 Å². The SMILES string of the molecule is COC(=O)c1ccc2c(c1)NC(=O)/C2=C(/C)Nc1ccc(CN(C)CCc2ccccc2)cc1. The Morgan fingerprint density at radius 3 is 2.44 bits per heavy atom. The zero-order chi connectivity index (χ0) is 24.1. The van der Waals surface area contributed by atoms with Gasteiger partial charge in [0.25, 0.3) is 5.91 Å². The van der Waals surface area contributed by atoms with Crippen LogP contribution in [-0.4, -0.2) is 37.5 Å². The fourth-order valence-electron chi connectivity index (χ4n) is 4.12. The predicted molar refractivity (Wildman–Crippen MR) is 136 cm³/mol. The molecule has 0 radical (unpaired) electrons. The molecule has 0 spiro atoms. The third-order valence-electron chi connectivity index (χ3n) is 5.92. The van der Waals surface area contributed by atoms with Crippen LogP contribution in [0.1, 0.15) is 34.0 Å². The molecule has 1 heterocycles. The molecule has 1 aliphatic rings. The maximum Gasteiger partial charge on any atom is 0.337 e. The highest BCUT2D eigenvalue weighted by atomic mass is 16.5. The lowest BCUT2D eigenvalue weighted by molar-refractivity contribution is -0.110. The second kappa shape index (κ2) is 10.4. The summed E-state index contributed by atoms with van der Waals surface area (Å²) in [7, 11) is 3.47. The average molecular weight is 456 g/mol. The van der Waals surface area contributed by atoms with Crippen LogP contribution in [0.2, 0.25) is 0 Å². The van der Waals surface area contributed by atoms with E-state index in [1.165, 1.54) is 18.2 Å². The molecule has 4 rings (SSSR count). The van der Waals surface area contributed by atoms with Crippen LogP contribution in [-0.2, 0) is 22.5 Å². The number of methoxy groups -OCH3 is 1. The summed E-state index contributed by atoms with van der Waals surface area (Å²) in [6.07, 6.45) is 1.02. The van der Waals surface area contributed by atoms with Crippen LogP contribution >= 0.6 is 0 Å². The zero-order valence-electron chi connectivity index (χ0n) is 19.7. The minimum Gasteiger partial charge on any atom is -0.465 e. The smallest absolute Gasteiger partial charge is 0.337 e. The zero-order valence-corrected chi connectivity index (χ0v) is 19.7. The van der Waals surface area contributed by atoms with E-state index in [0.717, 1.165) is 36.5 Å². The molecule has 0 saturated carbocycles. The maximum absolute atomic E-state index is 12.6. The molecule has 1 aliphatic heterocycles. The number of amides is 1. The van der Waals surface area contributed by atoms with E-state index in [1.807, 2.05) is 25.1 Å². The molecular weight excluding hydrogens is 426 g/mol. The number of carbonyl (C=O) groups is 2. The Kier molecular flexibility index (Phi) is 7.09. The molecule has 0 aromatic heterocycles. The number of rotatable bonds is 8. The van der Waals surface area contributed by atoms with E-state index in [1.54, 1.807) is 18.2 Å². The minimum absolute atomic E-state index is 0.196. The Balaban J connectivity index is 1.40. The van der Waals surface area contributed by atoms with Crippen molar-refractivity contribution in [2.24, 2.45) is 0 Å². The van der Waals surface area contributed by atoms with E-state index in [2.05, 4.69) is 59.0 Å². The van der Waals surface area contributed by atoms with Crippen molar-refractivity contribution in [2.45, 2.75) is 19.9 Å². The lowest BCUT2D eigenvalue weighted by atomic mass is 10.0. The van der Waals surface area contributed by atoms with Crippen molar-refractivity contribution in [3.05, 3.63) is 101 Å². The topological polar surface area (TPSA) is 70.7 Å². The van der Waals surface area contributed by atoms with Gasteiger partial charge in [-0.2, -0.15) is 0 Å². The van der Waals surface area contributed by atoms with Crippen LogP contribution in [0, 0.1) is 0 Å². The molecule has 6 heteroatoms. The van der Waals surface area contributed by atoms with Crippen molar-refractivity contribution >= 4 is 28.8 Å². The lowest BCUT2D eigenvalue weighted by Crippen LogP contribution is -2.20. The van der Waals surface area contributed by atoms with Gasteiger partial charge in [0.2, 0.25) is 0 Å². The van der Waals surface area contributed by atoms with Gasteiger partial charge in [-0.3, -0.25) is 4.79 Å². The van der Waals surface area contributed by atoms with Crippen LogP contribution < -0.4 is 10.6 Å². The maximum atomic E-state index is 12.6. The number of nitrogens with one attached hydrogen (secondary N) is 2. The number of likely N-dealkylation sites (N-methyl/N-ethyl adjacent to an activating group) is 1. The molecule has 6 nitrogen and oxygen atoms in total. The summed E-state index contributed by atoms with van der Waals surface area (Å²) < 4.78 is 4.76. The van der Waals surface area contributed by atoms with Gasteiger partial charge in [0.15, 0.2) is 0 Å². The molecule has 0 saturated heterocycles. The molecule has 0 unspecified atom stereocenters. The van der Waals surface area contributed by atoms with E-state index in [0.29, 0.717) is 16.8 Å². The van der Waals surface area contributed by atoms with Gasteiger partial charge in [-0.15, -0.1) is 0 Å². The summed E-state index contributed by atoms with van der Waals surface area (Å²) in [5, 5.41) is 6.18. The number of carbonyl (C=O) groups excluding carboxylic acids is 2. The van der Waals surface area contributed by atoms with Gasteiger partial charge in [0.1, 0.15) is 0 Å².